The summed E-state index contributed by atoms with van der Waals surface area (Å²) in [5.41, 5.74) is 2.72. The van der Waals surface area contributed by atoms with Gasteiger partial charge in [0.25, 0.3) is 11.7 Å². The van der Waals surface area contributed by atoms with E-state index in [9.17, 15) is 14.7 Å². The molecule has 2 N–H and O–H groups in total. The molecule has 1 amide bonds. The lowest BCUT2D eigenvalue weighted by Crippen LogP contribution is -3.14. The number of amides is 1. The zero-order valence-corrected chi connectivity index (χ0v) is 18.7. The lowest BCUT2D eigenvalue weighted by Gasteiger charge is -2.29. The van der Waals surface area contributed by atoms with Gasteiger partial charge in [0.05, 0.1) is 37.9 Å². The number of hydrogen-bond acceptors (Lipinski definition) is 4. The van der Waals surface area contributed by atoms with Crippen LogP contribution in [0.15, 0.2) is 60.2 Å². The smallest absolute Gasteiger partial charge is 0.295 e. The fourth-order valence-corrected chi connectivity index (χ4v) is 4.46. The molecule has 0 radical (unpaired) electrons. The van der Waals surface area contributed by atoms with Crippen LogP contribution in [0.25, 0.3) is 5.76 Å². The van der Waals surface area contributed by atoms with Crippen molar-refractivity contribution in [2.45, 2.75) is 25.8 Å². The molecule has 2 aromatic carbocycles. The molecular weight excluding hydrogens is 404 g/mol. The molecule has 4 rings (SSSR count). The normalized spacial score (nSPS) is 21.5. The molecular formula is C26H31N2O4+. The Labute approximate surface area is 189 Å². The third kappa shape index (κ3) is 4.47. The van der Waals surface area contributed by atoms with Crippen LogP contribution in [0, 0.1) is 0 Å². The highest BCUT2D eigenvalue weighted by Crippen LogP contribution is 2.39. The van der Waals surface area contributed by atoms with Gasteiger partial charge >= 0.3 is 0 Å². The topological polar surface area (TPSA) is 71.3 Å². The van der Waals surface area contributed by atoms with Crippen LogP contribution in [-0.4, -0.2) is 61.1 Å². The Morgan fingerprint density at radius 2 is 1.72 bits per heavy atom. The van der Waals surface area contributed by atoms with Crippen LogP contribution in [0.5, 0.6) is 0 Å². The van der Waals surface area contributed by atoms with Gasteiger partial charge in [-0.2, -0.15) is 0 Å². The molecule has 0 aliphatic carbocycles. The van der Waals surface area contributed by atoms with E-state index < -0.39 is 17.7 Å². The van der Waals surface area contributed by atoms with E-state index >= 15 is 0 Å². The SMILES string of the molecule is CC(C)c1ccc(C2C(=C(O)c3ccccc3)C(=O)C(=O)N2CC[NH+]2CCOCC2)cc1. The molecule has 6 nitrogen and oxygen atoms in total. The molecule has 0 spiro atoms. The first kappa shape index (κ1) is 22.2. The fourth-order valence-electron chi connectivity index (χ4n) is 4.46. The van der Waals surface area contributed by atoms with Crippen LogP contribution in [0.3, 0.4) is 0 Å². The summed E-state index contributed by atoms with van der Waals surface area (Å²) in [5.74, 6) is -0.915. The van der Waals surface area contributed by atoms with Crippen molar-refractivity contribution in [3.05, 3.63) is 76.9 Å². The molecule has 32 heavy (non-hydrogen) atoms. The molecule has 1 unspecified atom stereocenters. The predicted octanol–water partition coefficient (Wildman–Crippen LogP) is 2.15. The molecule has 2 saturated heterocycles. The van der Waals surface area contributed by atoms with Crippen molar-refractivity contribution < 1.29 is 24.3 Å². The zero-order chi connectivity index (χ0) is 22.7. The summed E-state index contributed by atoms with van der Waals surface area (Å²) in [6.07, 6.45) is 0. The quantitative estimate of drug-likeness (QED) is 0.414. The van der Waals surface area contributed by atoms with Gasteiger partial charge in [0.15, 0.2) is 0 Å². The van der Waals surface area contributed by atoms with Crippen LogP contribution in [0.1, 0.15) is 42.5 Å². The predicted molar refractivity (Wildman–Crippen MR) is 122 cm³/mol. The van der Waals surface area contributed by atoms with Crippen molar-refractivity contribution in [1.29, 1.82) is 0 Å². The Morgan fingerprint density at radius 3 is 2.34 bits per heavy atom. The Hall–Kier alpha value is -2.96. The molecule has 0 bridgehead atoms. The number of rotatable bonds is 6. The summed E-state index contributed by atoms with van der Waals surface area (Å²) >= 11 is 0. The van der Waals surface area contributed by atoms with Crippen LogP contribution < -0.4 is 4.90 Å². The average molecular weight is 436 g/mol. The van der Waals surface area contributed by atoms with Gasteiger partial charge in [-0.1, -0.05) is 68.4 Å². The summed E-state index contributed by atoms with van der Waals surface area (Å²) in [7, 11) is 0. The van der Waals surface area contributed by atoms with E-state index in [-0.39, 0.29) is 11.3 Å². The fraction of sp³-hybridized carbons (Fsp3) is 0.385. The lowest BCUT2D eigenvalue weighted by atomic mass is 9.93. The number of carbonyl (C=O) groups is 2. The number of ether oxygens (including phenoxy) is 1. The van der Waals surface area contributed by atoms with Crippen molar-refractivity contribution in [2.24, 2.45) is 0 Å². The Bertz CT molecular complexity index is 992. The third-order valence-corrected chi connectivity index (χ3v) is 6.41. The minimum atomic E-state index is -0.624. The first-order chi connectivity index (χ1) is 15.5. The molecule has 6 heteroatoms. The van der Waals surface area contributed by atoms with E-state index in [1.807, 2.05) is 30.3 Å². The summed E-state index contributed by atoms with van der Waals surface area (Å²) in [4.78, 5) is 29.2. The first-order valence-electron chi connectivity index (χ1n) is 11.3. The van der Waals surface area contributed by atoms with Crippen molar-refractivity contribution in [3.63, 3.8) is 0 Å². The molecule has 168 valence electrons. The highest BCUT2D eigenvalue weighted by molar-refractivity contribution is 6.46. The Morgan fingerprint density at radius 1 is 1.06 bits per heavy atom. The van der Waals surface area contributed by atoms with Crippen molar-refractivity contribution in [3.8, 4) is 0 Å². The highest BCUT2D eigenvalue weighted by Gasteiger charge is 2.46. The second-order valence-corrected chi connectivity index (χ2v) is 8.79. The Kier molecular flexibility index (Phi) is 6.72. The van der Waals surface area contributed by atoms with E-state index in [1.54, 1.807) is 29.2 Å². The van der Waals surface area contributed by atoms with Gasteiger partial charge in [0.1, 0.15) is 18.8 Å². The first-order valence-corrected chi connectivity index (χ1v) is 11.3. The van der Waals surface area contributed by atoms with E-state index in [0.29, 0.717) is 31.2 Å². The second kappa shape index (κ2) is 9.67. The van der Waals surface area contributed by atoms with E-state index in [2.05, 4.69) is 13.8 Å². The standard InChI is InChI=1S/C26H30N2O4/c1-18(2)19-8-10-20(11-9-19)23-22(24(29)21-6-4-3-5-7-21)25(30)26(31)28(23)13-12-27-14-16-32-17-15-27/h3-11,18,23,29H,12-17H2,1-2H3/p+1. The lowest BCUT2D eigenvalue weighted by molar-refractivity contribution is -0.907. The number of nitrogens with zero attached hydrogens (tertiary/aromatic N) is 1. The van der Waals surface area contributed by atoms with E-state index in [1.165, 1.54) is 10.5 Å². The molecule has 1 atom stereocenters. The number of aliphatic hydroxyl groups is 1. The number of carbonyl (C=O) groups excluding carboxylic acids is 2. The summed E-state index contributed by atoms with van der Waals surface area (Å²) in [5, 5.41) is 11.1. The summed E-state index contributed by atoms with van der Waals surface area (Å²) in [6, 6.07) is 16.4. The van der Waals surface area contributed by atoms with E-state index in [0.717, 1.165) is 25.2 Å². The van der Waals surface area contributed by atoms with Crippen LogP contribution in [0.4, 0.5) is 0 Å². The maximum Gasteiger partial charge on any atom is 0.295 e. The highest BCUT2D eigenvalue weighted by atomic mass is 16.5. The molecule has 0 aromatic heterocycles. The largest absolute Gasteiger partial charge is 0.507 e. The van der Waals surface area contributed by atoms with Crippen molar-refractivity contribution >= 4 is 17.4 Å². The molecule has 2 aromatic rings. The monoisotopic (exact) mass is 435 g/mol. The number of morpholine rings is 1. The second-order valence-electron chi connectivity index (χ2n) is 8.79. The molecule has 0 saturated carbocycles. The van der Waals surface area contributed by atoms with Crippen molar-refractivity contribution in [2.75, 3.05) is 39.4 Å². The number of Topliss-reactive ketones (excluding diaryl/α,β-unsaturated/α-hetero) is 1. The number of hydrogen-bond donors (Lipinski definition) is 2. The third-order valence-electron chi connectivity index (χ3n) is 6.41. The maximum absolute atomic E-state index is 13.1. The van der Waals surface area contributed by atoms with Crippen LogP contribution >= 0.6 is 0 Å². The summed E-state index contributed by atoms with van der Waals surface area (Å²) in [6.45, 7) is 8.64. The molecule has 2 aliphatic heterocycles. The van der Waals surface area contributed by atoms with Gasteiger partial charge in [-0.25, -0.2) is 0 Å². The number of quaternary nitrogens is 1. The van der Waals surface area contributed by atoms with Crippen LogP contribution in [0.2, 0.25) is 0 Å². The molecule has 2 fully saturated rings. The number of ketones is 1. The minimum Gasteiger partial charge on any atom is -0.507 e. The Balaban J connectivity index is 1.72. The van der Waals surface area contributed by atoms with Gasteiger partial charge in [-0.3, -0.25) is 9.59 Å². The number of likely N-dealkylation sites (tertiary alicyclic amines) is 1. The number of nitrogens with one attached hydrogen (secondary N) is 1. The minimum absolute atomic E-state index is 0.122. The number of benzene rings is 2. The maximum atomic E-state index is 13.1. The number of aliphatic hydroxyl groups excluding tert-OH is 1. The van der Waals surface area contributed by atoms with Gasteiger partial charge in [-0.15, -0.1) is 0 Å². The van der Waals surface area contributed by atoms with E-state index in [4.69, 9.17) is 4.74 Å². The zero-order valence-electron chi connectivity index (χ0n) is 18.7. The van der Waals surface area contributed by atoms with Gasteiger partial charge in [-0.05, 0) is 17.0 Å². The summed E-state index contributed by atoms with van der Waals surface area (Å²) < 4.78 is 5.43. The molecule has 2 aliphatic rings. The van der Waals surface area contributed by atoms with Gasteiger partial charge in [0, 0.05) is 5.56 Å². The van der Waals surface area contributed by atoms with Crippen LogP contribution in [-0.2, 0) is 14.3 Å². The van der Waals surface area contributed by atoms with Crippen molar-refractivity contribution in [1.82, 2.24) is 4.90 Å². The molecule has 2 heterocycles. The van der Waals surface area contributed by atoms with Gasteiger partial charge < -0.3 is 19.6 Å². The van der Waals surface area contributed by atoms with Gasteiger partial charge in [0.2, 0.25) is 0 Å². The average Bonchev–Trinajstić information content (AvgIpc) is 3.08.